The number of hydrogen-bond donors (Lipinski definition) is 0. The summed E-state index contributed by atoms with van der Waals surface area (Å²) in [4.78, 5) is 6.99. The van der Waals surface area contributed by atoms with Gasteiger partial charge < -0.3 is 9.30 Å². The number of rotatable bonds is 2. The van der Waals surface area contributed by atoms with Gasteiger partial charge in [0.2, 0.25) is 0 Å². The zero-order valence-corrected chi connectivity index (χ0v) is 13.2. The third-order valence-electron chi connectivity index (χ3n) is 4.58. The van der Waals surface area contributed by atoms with Crippen molar-refractivity contribution < 1.29 is 4.39 Å². The molecule has 3 nitrogen and oxygen atoms in total. The smallest absolute Gasteiger partial charge is 0.139 e. The van der Waals surface area contributed by atoms with E-state index >= 15 is 0 Å². The fourth-order valence-corrected chi connectivity index (χ4v) is 3.14. The van der Waals surface area contributed by atoms with Crippen LogP contribution in [0.3, 0.4) is 0 Å². The molecule has 0 radical (unpaired) electrons. The predicted octanol–water partition coefficient (Wildman–Crippen LogP) is 4.25. The first-order valence-electron chi connectivity index (χ1n) is 8.14. The number of fused-ring (bicyclic) bond motifs is 1. The van der Waals surface area contributed by atoms with Crippen molar-refractivity contribution in [3.05, 3.63) is 54.4 Å². The van der Waals surface area contributed by atoms with E-state index in [2.05, 4.69) is 54.4 Å². The van der Waals surface area contributed by atoms with E-state index in [0.717, 1.165) is 35.7 Å². The van der Waals surface area contributed by atoms with Gasteiger partial charge in [-0.1, -0.05) is 29.8 Å². The Morgan fingerprint density at radius 2 is 1.83 bits per heavy atom. The van der Waals surface area contributed by atoms with Crippen LogP contribution in [0.15, 0.2) is 48.8 Å². The molecule has 1 aliphatic heterocycles. The molecule has 0 N–H and O–H groups in total. The fraction of sp³-hybridized carbons (Fsp3) is 0.316. The van der Waals surface area contributed by atoms with E-state index in [1.165, 1.54) is 5.56 Å². The highest BCUT2D eigenvalue weighted by molar-refractivity contribution is 5.65. The van der Waals surface area contributed by atoms with Crippen LogP contribution in [0.1, 0.15) is 18.4 Å². The van der Waals surface area contributed by atoms with Gasteiger partial charge in [-0.05, 0) is 25.8 Å². The maximum Gasteiger partial charge on any atom is 0.139 e. The normalized spacial score (nSPS) is 16.2. The van der Waals surface area contributed by atoms with Gasteiger partial charge in [0.05, 0.1) is 5.69 Å². The van der Waals surface area contributed by atoms with Gasteiger partial charge in [-0.15, -0.1) is 0 Å². The largest absolute Gasteiger partial charge is 0.371 e. The Morgan fingerprint density at radius 1 is 1.09 bits per heavy atom. The van der Waals surface area contributed by atoms with Crippen molar-refractivity contribution in [3.63, 3.8) is 0 Å². The molecule has 23 heavy (non-hydrogen) atoms. The van der Waals surface area contributed by atoms with Crippen LogP contribution in [0.4, 0.5) is 10.1 Å². The topological polar surface area (TPSA) is 20.5 Å². The molecule has 0 amide bonds. The molecule has 4 rings (SSSR count). The van der Waals surface area contributed by atoms with E-state index in [-0.39, 0.29) is 0 Å². The van der Waals surface area contributed by atoms with Crippen LogP contribution >= 0.6 is 0 Å². The molecule has 0 saturated carbocycles. The quantitative estimate of drug-likeness (QED) is 0.705. The molecule has 0 aliphatic carbocycles. The number of aromatic nitrogens is 2. The zero-order chi connectivity index (χ0) is 15.8. The molecule has 1 saturated heterocycles. The van der Waals surface area contributed by atoms with Crippen molar-refractivity contribution in [1.82, 2.24) is 9.38 Å². The van der Waals surface area contributed by atoms with E-state index in [1.807, 2.05) is 10.6 Å². The molecule has 3 aromatic rings. The third-order valence-corrected chi connectivity index (χ3v) is 4.58. The van der Waals surface area contributed by atoms with Gasteiger partial charge in [-0.25, -0.2) is 9.37 Å². The summed E-state index contributed by atoms with van der Waals surface area (Å²) in [5.74, 6) is 0. The van der Waals surface area contributed by atoms with Crippen molar-refractivity contribution in [2.45, 2.75) is 25.9 Å². The standard InChI is InChI=1S/C19H20FN3/c1-14-2-4-15(5-3-14)18-13-23-11-8-17(12-19(23)21-18)22-9-6-16(20)7-10-22/h2-5,8,11-13,16H,6-7,9-10H2,1H3. The number of benzene rings is 1. The van der Waals surface area contributed by atoms with Gasteiger partial charge in [0.25, 0.3) is 0 Å². The average Bonchev–Trinajstić information content (AvgIpc) is 2.99. The molecule has 118 valence electrons. The number of alkyl halides is 1. The van der Waals surface area contributed by atoms with Gasteiger partial charge in [0, 0.05) is 42.8 Å². The summed E-state index contributed by atoms with van der Waals surface area (Å²) in [5, 5.41) is 0. The molecule has 4 heteroatoms. The van der Waals surface area contributed by atoms with Crippen LogP contribution in [0.25, 0.3) is 16.9 Å². The Bertz CT molecular complexity index is 814. The number of imidazole rings is 1. The summed E-state index contributed by atoms with van der Waals surface area (Å²) < 4.78 is 15.3. The highest BCUT2D eigenvalue weighted by atomic mass is 19.1. The second kappa shape index (κ2) is 5.69. The van der Waals surface area contributed by atoms with Crippen LogP contribution in [-0.4, -0.2) is 28.6 Å². The van der Waals surface area contributed by atoms with Gasteiger partial charge in [-0.2, -0.15) is 0 Å². The minimum Gasteiger partial charge on any atom is -0.371 e. The third kappa shape index (κ3) is 2.81. The lowest BCUT2D eigenvalue weighted by atomic mass is 10.1. The molecular formula is C19H20FN3. The molecule has 2 aromatic heterocycles. The molecule has 0 unspecified atom stereocenters. The van der Waals surface area contributed by atoms with Crippen molar-refractivity contribution in [2.24, 2.45) is 0 Å². The summed E-state index contributed by atoms with van der Waals surface area (Å²) in [7, 11) is 0. The van der Waals surface area contributed by atoms with Gasteiger partial charge in [0.1, 0.15) is 11.8 Å². The number of hydrogen-bond acceptors (Lipinski definition) is 2. The van der Waals surface area contributed by atoms with Crippen molar-refractivity contribution >= 4 is 11.3 Å². The summed E-state index contributed by atoms with van der Waals surface area (Å²) >= 11 is 0. The predicted molar refractivity (Wildman–Crippen MR) is 91.7 cm³/mol. The summed E-state index contributed by atoms with van der Waals surface area (Å²) in [5.41, 5.74) is 5.41. The van der Waals surface area contributed by atoms with Crippen LogP contribution < -0.4 is 4.90 Å². The van der Waals surface area contributed by atoms with Crippen LogP contribution in [0.2, 0.25) is 0 Å². The van der Waals surface area contributed by atoms with E-state index in [0.29, 0.717) is 12.8 Å². The second-order valence-corrected chi connectivity index (χ2v) is 6.30. The Morgan fingerprint density at radius 3 is 2.57 bits per heavy atom. The highest BCUT2D eigenvalue weighted by Gasteiger charge is 2.19. The highest BCUT2D eigenvalue weighted by Crippen LogP contribution is 2.25. The SMILES string of the molecule is Cc1ccc(-c2cn3ccc(N4CCC(F)CC4)cc3n2)cc1. The first-order valence-corrected chi connectivity index (χ1v) is 8.14. The zero-order valence-electron chi connectivity index (χ0n) is 13.2. The number of pyridine rings is 1. The molecule has 0 atom stereocenters. The van der Waals surface area contributed by atoms with E-state index in [1.54, 1.807) is 0 Å². The summed E-state index contributed by atoms with van der Waals surface area (Å²) in [6.07, 6.45) is 4.69. The Hall–Kier alpha value is -2.36. The van der Waals surface area contributed by atoms with E-state index in [4.69, 9.17) is 4.98 Å². The van der Waals surface area contributed by atoms with E-state index < -0.39 is 6.17 Å². The number of piperidine rings is 1. The minimum absolute atomic E-state index is 0.619. The average molecular weight is 309 g/mol. The molecular weight excluding hydrogens is 289 g/mol. The number of anilines is 1. The Labute approximate surface area is 135 Å². The molecule has 1 aromatic carbocycles. The molecule has 3 heterocycles. The minimum atomic E-state index is -0.644. The maximum absolute atomic E-state index is 13.3. The molecule has 0 bridgehead atoms. The number of aryl methyl sites for hydroxylation is 1. The lowest BCUT2D eigenvalue weighted by Gasteiger charge is -2.30. The Kier molecular flexibility index (Phi) is 3.52. The van der Waals surface area contributed by atoms with Gasteiger partial charge in [-0.3, -0.25) is 0 Å². The van der Waals surface area contributed by atoms with Crippen molar-refractivity contribution in [3.8, 4) is 11.3 Å². The second-order valence-electron chi connectivity index (χ2n) is 6.30. The van der Waals surface area contributed by atoms with Crippen molar-refractivity contribution in [2.75, 3.05) is 18.0 Å². The summed E-state index contributed by atoms with van der Waals surface area (Å²) in [6.45, 7) is 3.64. The van der Waals surface area contributed by atoms with Crippen LogP contribution in [0, 0.1) is 6.92 Å². The summed E-state index contributed by atoms with van der Waals surface area (Å²) in [6, 6.07) is 12.6. The lowest BCUT2D eigenvalue weighted by molar-refractivity contribution is 0.277. The monoisotopic (exact) mass is 309 g/mol. The maximum atomic E-state index is 13.3. The molecule has 1 aliphatic rings. The fourth-order valence-electron chi connectivity index (χ4n) is 3.14. The number of halogens is 1. The van der Waals surface area contributed by atoms with Crippen molar-refractivity contribution in [1.29, 1.82) is 0 Å². The lowest BCUT2D eigenvalue weighted by Crippen LogP contribution is -2.34. The first kappa shape index (κ1) is 14.2. The van der Waals surface area contributed by atoms with Crippen LogP contribution in [0.5, 0.6) is 0 Å². The van der Waals surface area contributed by atoms with Gasteiger partial charge >= 0.3 is 0 Å². The van der Waals surface area contributed by atoms with Gasteiger partial charge in [0.15, 0.2) is 0 Å². The van der Waals surface area contributed by atoms with E-state index in [9.17, 15) is 4.39 Å². The molecule has 0 spiro atoms. The number of nitrogens with zero attached hydrogens (tertiary/aromatic N) is 3. The van der Waals surface area contributed by atoms with Crippen LogP contribution in [-0.2, 0) is 0 Å². The molecule has 1 fully saturated rings. The Balaban J connectivity index is 1.65. The first-order chi connectivity index (χ1) is 11.2.